The molecule has 2 aromatic rings. The summed E-state index contributed by atoms with van der Waals surface area (Å²) in [6.07, 6.45) is 1.19. The van der Waals surface area contributed by atoms with Crippen LogP contribution in [0, 0.1) is 5.82 Å². The summed E-state index contributed by atoms with van der Waals surface area (Å²) in [7, 11) is 0. The van der Waals surface area contributed by atoms with Crippen molar-refractivity contribution in [2.75, 3.05) is 0 Å². The van der Waals surface area contributed by atoms with Gasteiger partial charge in [0, 0.05) is 0 Å². The zero-order valence-corrected chi connectivity index (χ0v) is 7.05. The molecule has 11 heavy (non-hydrogen) atoms. The molecule has 0 aliphatic carbocycles. The lowest BCUT2D eigenvalue weighted by Crippen LogP contribution is -1.87. The van der Waals surface area contributed by atoms with E-state index in [4.69, 9.17) is 0 Å². The van der Waals surface area contributed by atoms with Crippen LogP contribution in [0.15, 0.2) is 29.0 Å². The minimum Gasteiger partial charge on any atom is -0.224 e. The quantitative estimate of drug-likeness (QED) is 0.616. The van der Waals surface area contributed by atoms with E-state index in [1.165, 1.54) is 10.7 Å². The van der Waals surface area contributed by atoms with Crippen LogP contribution in [0.2, 0.25) is 0 Å². The maximum absolute atomic E-state index is 12.8. The summed E-state index contributed by atoms with van der Waals surface area (Å²) in [6.45, 7) is 0. The lowest BCUT2D eigenvalue weighted by atomic mass is 10.4. The van der Waals surface area contributed by atoms with Crippen LogP contribution in [0.25, 0.3) is 5.52 Å². The molecule has 0 N–H and O–H groups in total. The molecule has 0 spiro atoms. The number of rotatable bonds is 0. The number of nitrogens with zero attached hydrogens (tertiary/aromatic N) is 2. The second kappa shape index (κ2) is 2.30. The molecule has 0 unspecified atom stereocenters. The molecule has 0 fully saturated rings. The summed E-state index contributed by atoms with van der Waals surface area (Å²) >= 11 is 3.24. The molecule has 4 heteroatoms. The largest absolute Gasteiger partial charge is 0.224 e. The van der Waals surface area contributed by atoms with E-state index in [9.17, 15) is 4.39 Å². The van der Waals surface area contributed by atoms with Crippen LogP contribution in [0.5, 0.6) is 0 Å². The van der Waals surface area contributed by atoms with Crippen molar-refractivity contribution in [2.45, 2.75) is 0 Å². The first-order chi connectivity index (χ1) is 5.29. The van der Waals surface area contributed by atoms with Gasteiger partial charge in [-0.15, -0.1) is 0 Å². The number of hydrogen-bond donors (Lipinski definition) is 0. The summed E-state index contributed by atoms with van der Waals surface area (Å²) in [5.74, 6) is -0.300. The molecule has 56 valence electrons. The van der Waals surface area contributed by atoms with Gasteiger partial charge in [0.15, 0.2) is 5.82 Å². The Kier molecular flexibility index (Phi) is 1.42. The Morgan fingerprint density at radius 2 is 2.27 bits per heavy atom. The highest BCUT2D eigenvalue weighted by Crippen LogP contribution is 2.14. The molecule has 2 aromatic heterocycles. The smallest absolute Gasteiger partial charge is 0.168 e. The molecule has 0 saturated heterocycles. The lowest BCUT2D eigenvalue weighted by Gasteiger charge is -1.93. The molecule has 2 heterocycles. The highest BCUT2D eigenvalue weighted by molar-refractivity contribution is 9.10. The third kappa shape index (κ3) is 0.939. The molecule has 0 aliphatic heterocycles. The normalized spacial score (nSPS) is 10.7. The van der Waals surface area contributed by atoms with Gasteiger partial charge in [0.1, 0.15) is 10.1 Å². The van der Waals surface area contributed by atoms with Gasteiger partial charge < -0.3 is 0 Å². The van der Waals surface area contributed by atoms with E-state index < -0.39 is 0 Å². The van der Waals surface area contributed by atoms with Crippen LogP contribution in [-0.4, -0.2) is 9.61 Å². The van der Waals surface area contributed by atoms with Gasteiger partial charge in [0.2, 0.25) is 0 Å². The Morgan fingerprint density at radius 1 is 1.45 bits per heavy atom. The highest BCUT2D eigenvalue weighted by atomic mass is 79.9. The number of halogens is 2. The monoisotopic (exact) mass is 214 g/mol. The van der Waals surface area contributed by atoms with Crippen molar-refractivity contribution in [3.8, 4) is 0 Å². The van der Waals surface area contributed by atoms with Crippen molar-refractivity contribution in [3.63, 3.8) is 0 Å². The molecule has 2 nitrogen and oxygen atoms in total. The van der Waals surface area contributed by atoms with Gasteiger partial charge in [-0.1, -0.05) is 6.07 Å². The van der Waals surface area contributed by atoms with Gasteiger partial charge in [-0.3, -0.25) is 0 Å². The Bertz CT molecular complexity index is 396. The van der Waals surface area contributed by atoms with Gasteiger partial charge in [-0.25, -0.2) is 8.91 Å². The van der Waals surface area contributed by atoms with Gasteiger partial charge in [-0.05, 0) is 28.1 Å². The Labute approximate surface area is 70.8 Å². The number of aromatic nitrogens is 2. The predicted octanol–water partition coefficient (Wildman–Crippen LogP) is 2.24. The van der Waals surface area contributed by atoms with Crippen molar-refractivity contribution in [1.29, 1.82) is 0 Å². The average Bonchev–Trinajstić information content (AvgIpc) is 2.35. The zero-order valence-electron chi connectivity index (χ0n) is 5.46. The van der Waals surface area contributed by atoms with Crippen LogP contribution in [-0.2, 0) is 0 Å². The van der Waals surface area contributed by atoms with E-state index in [1.807, 2.05) is 0 Å². The van der Waals surface area contributed by atoms with E-state index in [0.717, 1.165) is 4.60 Å². The molecule has 0 atom stereocenters. The van der Waals surface area contributed by atoms with Crippen molar-refractivity contribution in [3.05, 3.63) is 34.8 Å². The molecule has 0 bridgehead atoms. The van der Waals surface area contributed by atoms with Crippen LogP contribution in [0.3, 0.4) is 0 Å². The van der Waals surface area contributed by atoms with Crippen molar-refractivity contribution >= 4 is 21.4 Å². The molecule has 0 radical (unpaired) electrons. The fourth-order valence-corrected chi connectivity index (χ4v) is 1.38. The maximum Gasteiger partial charge on any atom is 0.168 e. The molecule has 2 rings (SSSR count). The second-order valence-electron chi connectivity index (χ2n) is 2.14. The fraction of sp³-hybridized carbons (Fsp3) is 0. The second-order valence-corrected chi connectivity index (χ2v) is 2.95. The van der Waals surface area contributed by atoms with E-state index in [1.54, 1.807) is 18.2 Å². The van der Waals surface area contributed by atoms with Crippen LogP contribution in [0.4, 0.5) is 4.39 Å². The van der Waals surface area contributed by atoms with Gasteiger partial charge in [0.25, 0.3) is 0 Å². The highest BCUT2D eigenvalue weighted by Gasteiger charge is 2.02. The zero-order chi connectivity index (χ0) is 7.84. The Hall–Kier alpha value is -0.900. The van der Waals surface area contributed by atoms with E-state index in [2.05, 4.69) is 21.0 Å². The summed E-state index contributed by atoms with van der Waals surface area (Å²) < 4.78 is 15.1. The van der Waals surface area contributed by atoms with Gasteiger partial charge in [0.05, 0.1) is 6.20 Å². The molecular formula is C7H4BrFN2. The number of fused-ring (bicyclic) bond motifs is 1. The molecule has 0 aromatic carbocycles. The minimum atomic E-state index is -0.300. The lowest BCUT2D eigenvalue weighted by molar-refractivity contribution is 0.639. The molecular weight excluding hydrogens is 211 g/mol. The minimum absolute atomic E-state index is 0.300. The maximum atomic E-state index is 12.8. The Morgan fingerprint density at radius 3 is 3.00 bits per heavy atom. The predicted molar refractivity (Wildman–Crippen MR) is 42.9 cm³/mol. The van der Waals surface area contributed by atoms with E-state index in [-0.39, 0.29) is 5.82 Å². The summed E-state index contributed by atoms with van der Waals surface area (Å²) in [6, 6.07) is 5.25. The first-order valence-corrected chi connectivity index (χ1v) is 3.86. The third-order valence-corrected chi connectivity index (χ3v) is 2.05. The average molecular weight is 215 g/mol. The van der Waals surface area contributed by atoms with Crippen molar-refractivity contribution in [2.24, 2.45) is 0 Å². The van der Waals surface area contributed by atoms with E-state index >= 15 is 0 Å². The number of pyridine rings is 1. The SMILES string of the molecule is Fc1cnn2c(Br)cccc12. The van der Waals surface area contributed by atoms with E-state index in [0.29, 0.717) is 5.52 Å². The van der Waals surface area contributed by atoms with Crippen LogP contribution < -0.4 is 0 Å². The molecule has 0 saturated carbocycles. The molecule has 0 aliphatic rings. The van der Waals surface area contributed by atoms with Crippen molar-refractivity contribution in [1.82, 2.24) is 9.61 Å². The van der Waals surface area contributed by atoms with Crippen LogP contribution in [0.1, 0.15) is 0 Å². The first-order valence-electron chi connectivity index (χ1n) is 3.07. The number of hydrogen-bond acceptors (Lipinski definition) is 1. The first kappa shape index (κ1) is 6.79. The van der Waals surface area contributed by atoms with Crippen molar-refractivity contribution < 1.29 is 4.39 Å². The topological polar surface area (TPSA) is 17.3 Å². The summed E-state index contributed by atoms with van der Waals surface area (Å²) in [5, 5.41) is 3.81. The van der Waals surface area contributed by atoms with Crippen LogP contribution >= 0.6 is 15.9 Å². The standard InChI is InChI=1S/C7H4BrFN2/c8-7-3-1-2-6-5(9)4-10-11(6)7/h1-4H. The summed E-state index contributed by atoms with van der Waals surface area (Å²) in [4.78, 5) is 0. The Balaban J connectivity index is 2.94. The van der Waals surface area contributed by atoms with Gasteiger partial charge in [-0.2, -0.15) is 5.10 Å². The summed E-state index contributed by atoms with van der Waals surface area (Å²) in [5.41, 5.74) is 0.486. The van der Waals surface area contributed by atoms with Gasteiger partial charge >= 0.3 is 0 Å². The fourth-order valence-electron chi connectivity index (χ4n) is 0.948. The third-order valence-electron chi connectivity index (χ3n) is 1.45. The molecule has 0 amide bonds.